The summed E-state index contributed by atoms with van der Waals surface area (Å²) in [7, 11) is 0. The number of nitrogens with zero attached hydrogens (tertiary/aromatic N) is 1. The van der Waals surface area contributed by atoms with Crippen molar-refractivity contribution in [1.29, 1.82) is 0 Å². The molecule has 0 bridgehead atoms. The fraction of sp³-hybridized carbons (Fsp3) is 0. The number of rotatable bonds is 2. The first-order valence-corrected chi connectivity index (χ1v) is 6.31. The Labute approximate surface area is 99.3 Å². The summed E-state index contributed by atoms with van der Waals surface area (Å²) in [6.07, 6.45) is 0. The molecule has 0 radical (unpaired) electrons. The van der Waals surface area contributed by atoms with E-state index in [2.05, 4.69) is 4.98 Å². The molecule has 0 saturated carbocycles. The second kappa shape index (κ2) is 4.17. The van der Waals surface area contributed by atoms with Crippen LogP contribution in [0.2, 0.25) is 0 Å². The predicted octanol–water partition coefficient (Wildman–Crippen LogP) is 0.767. The SMILES string of the molecule is O=C(O)c1csc(-c2ccccc2[AsH2])n1. The fourth-order valence-electron chi connectivity index (χ4n) is 1.19. The normalized spacial score (nSPS) is 10.2. The maximum absolute atomic E-state index is 10.7. The van der Waals surface area contributed by atoms with Crippen LogP contribution in [0.1, 0.15) is 10.5 Å². The van der Waals surface area contributed by atoms with Gasteiger partial charge in [0.15, 0.2) is 0 Å². The fourth-order valence-corrected chi connectivity index (χ4v) is 2.97. The van der Waals surface area contributed by atoms with Crippen LogP contribution in [0.3, 0.4) is 0 Å². The number of hydrogen-bond donors (Lipinski definition) is 1. The molecule has 0 saturated heterocycles. The molecule has 0 aliphatic heterocycles. The molecule has 76 valence electrons. The second-order valence-corrected chi connectivity index (χ2v) is 5.09. The molecule has 15 heavy (non-hydrogen) atoms. The van der Waals surface area contributed by atoms with Crippen molar-refractivity contribution in [2.45, 2.75) is 0 Å². The minimum absolute atomic E-state index is 0.116. The van der Waals surface area contributed by atoms with Gasteiger partial charge in [0.25, 0.3) is 0 Å². The van der Waals surface area contributed by atoms with Crippen LogP contribution in [0, 0.1) is 0 Å². The molecular formula is C10H8AsNO2S. The van der Waals surface area contributed by atoms with E-state index in [0.717, 1.165) is 14.9 Å². The Morgan fingerprint density at radius 3 is 2.73 bits per heavy atom. The van der Waals surface area contributed by atoms with Crippen LogP contribution >= 0.6 is 11.3 Å². The van der Waals surface area contributed by atoms with Crippen LogP contribution in [0.4, 0.5) is 0 Å². The Bertz CT molecular complexity index is 510. The zero-order valence-corrected chi connectivity index (χ0v) is 10.9. The van der Waals surface area contributed by atoms with E-state index in [0.29, 0.717) is 0 Å². The molecule has 1 unspecified atom stereocenters. The van der Waals surface area contributed by atoms with Gasteiger partial charge in [0.2, 0.25) is 0 Å². The van der Waals surface area contributed by atoms with Gasteiger partial charge in [0.1, 0.15) is 0 Å². The number of carboxylic acid groups (broad SMARTS) is 1. The number of hydrogen-bond acceptors (Lipinski definition) is 3. The maximum atomic E-state index is 10.7. The van der Waals surface area contributed by atoms with E-state index in [9.17, 15) is 4.79 Å². The van der Waals surface area contributed by atoms with Crippen LogP contribution in [-0.2, 0) is 0 Å². The van der Waals surface area contributed by atoms with Gasteiger partial charge in [0.05, 0.1) is 0 Å². The average molecular weight is 281 g/mol. The summed E-state index contributed by atoms with van der Waals surface area (Å²) in [5, 5.41) is 11.1. The number of thiazole rings is 1. The van der Waals surface area contributed by atoms with Gasteiger partial charge in [-0.05, 0) is 0 Å². The number of aromatic nitrogens is 1. The summed E-state index contributed by atoms with van der Waals surface area (Å²) >= 11 is 2.87. The summed E-state index contributed by atoms with van der Waals surface area (Å²) < 4.78 is 1.16. The molecule has 5 heteroatoms. The molecule has 0 aliphatic rings. The first kappa shape index (κ1) is 10.4. The van der Waals surface area contributed by atoms with Gasteiger partial charge in [-0.25, -0.2) is 0 Å². The molecule has 1 atom stereocenters. The van der Waals surface area contributed by atoms with Crippen molar-refractivity contribution in [3.05, 3.63) is 35.3 Å². The minimum atomic E-state index is -0.975. The van der Waals surface area contributed by atoms with E-state index in [1.807, 2.05) is 24.3 Å². The number of benzene rings is 1. The first-order valence-electron chi connectivity index (χ1n) is 4.22. The Morgan fingerprint density at radius 2 is 2.13 bits per heavy atom. The summed E-state index contributed by atoms with van der Waals surface area (Å²) in [4.78, 5) is 14.7. The third kappa shape index (κ3) is 2.11. The molecule has 1 heterocycles. The summed E-state index contributed by atoms with van der Waals surface area (Å²) in [6.45, 7) is 0. The van der Waals surface area contributed by atoms with Crippen LogP contribution in [0.5, 0.6) is 0 Å². The number of carboxylic acids is 1. The van der Waals surface area contributed by atoms with Gasteiger partial charge in [-0.15, -0.1) is 0 Å². The molecule has 2 rings (SSSR count). The average Bonchev–Trinajstić information content (AvgIpc) is 2.67. The Hall–Kier alpha value is -1.12. The molecule has 3 nitrogen and oxygen atoms in total. The number of carbonyl (C=O) groups is 1. The second-order valence-electron chi connectivity index (χ2n) is 2.93. The number of aromatic carboxylic acids is 1. The predicted molar refractivity (Wildman–Crippen MR) is 62.7 cm³/mol. The first-order chi connectivity index (χ1) is 7.18. The van der Waals surface area contributed by atoms with Crippen molar-refractivity contribution in [3.63, 3.8) is 0 Å². The van der Waals surface area contributed by atoms with E-state index >= 15 is 0 Å². The molecule has 1 N–H and O–H groups in total. The standard InChI is InChI=1S/C10H8AsNO2S/c11-7-4-2-1-3-6(7)9-12-8(5-15-9)10(13)14/h1-5H,11H2,(H,13,14). The van der Waals surface area contributed by atoms with Gasteiger partial charge < -0.3 is 0 Å². The summed E-state index contributed by atoms with van der Waals surface area (Å²) in [5.74, 6) is -0.975. The van der Waals surface area contributed by atoms with E-state index in [1.165, 1.54) is 28.2 Å². The van der Waals surface area contributed by atoms with Crippen molar-refractivity contribution < 1.29 is 9.90 Å². The van der Waals surface area contributed by atoms with E-state index < -0.39 is 5.97 Å². The summed E-state index contributed by atoms with van der Waals surface area (Å²) in [6, 6.07) is 7.87. The van der Waals surface area contributed by atoms with Crippen molar-refractivity contribution in [2.75, 3.05) is 0 Å². The quantitative estimate of drug-likeness (QED) is 0.827. The zero-order valence-electron chi connectivity index (χ0n) is 7.68. The van der Waals surface area contributed by atoms with Gasteiger partial charge in [-0.1, -0.05) is 0 Å². The van der Waals surface area contributed by atoms with Gasteiger partial charge in [-0.3, -0.25) is 0 Å². The Kier molecular flexibility index (Phi) is 2.89. The molecule has 0 spiro atoms. The molecule has 1 aromatic carbocycles. The molecule has 0 amide bonds. The molecule has 0 fully saturated rings. The molecule has 1 aromatic heterocycles. The van der Waals surface area contributed by atoms with Gasteiger partial charge in [0, 0.05) is 0 Å². The topological polar surface area (TPSA) is 50.2 Å². The van der Waals surface area contributed by atoms with Crippen molar-refractivity contribution in [1.82, 2.24) is 4.98 Å². The molecule has 2 aromatic rings. The van der Waals surface area contributed by atoms with Crippen molar-refractivity contribution in [2.24, 2.45) is 0 Å². The molecular weight excluding hydrogens is 273 g/mol. The van der Waals surface area contributed by atoms with Crippen LogP contribution in [0.15, 0.2) is 29.6 Å². The van der Waals surface area contributed by atoms with Crippen LogP contribution in [-0.4, -0.2) is 32.9 Å². The van der Waals surface area contributed by atoms with Crippen molar-refractivity contribution >= 4 is 38.5 Å². The van der Waals surface area contributed by atoms with Crippen molar-refractivity contribution in [3.8, 4) is 10.6 Å². The van der Waals surface area contributed by atoms with E-state index in [1.54, 1.807) is 5.38 Å². The monoisotopic (exact) mass is 281 g/mol. The summed E-state index contributed by atoms with van der Waals surface area (Å²) in [5.41, 5.74) is 1.14. The van der Waals surface area contributed by atoms with Crippen LogP contribution in [0.25, 0.3) is 10.6 Å². The van der Waals surface area contributed by atoms with E-state index in [4.69, 9.17) is 5.11 Å². The van der Waals surface area contributed by atoms with Gasteiger partial charge >= 0.3 is 99.3 Å². The third-order valence-electron chi connectivity index (χ3n) is 1.91. The Balaban J connectivity index is 2.46. The van der Waals surface area contributed by atoms with Crippen LogP contribution < -0.4 is 4.35 Å². The third-order valence-corrected chi connectivity index (χ3v) is 3.85. The zero-order chi connectivity index (χ0) is 10.8. The van der Waals surface area contributed by atoms with E-state index in [-0.39, 0.29) is 5.69 Å². The molecule has 0 aliphatic carbocycles. The Morgan fingerprint density at radius 1 is 1.40 bits per heavy atom. The van der Waals surface area contributed by atoms with Gasteiger partial charge in [-0.2, -0.15) is 0 Å².